The maximum absolute atomic E-state index is 14.9. The zero-order chi connectivity index (χ0) is 26.1. The predicted molar refractivity (Wildman–Crippen MR) is 138 cm³/mol. The summed E-state index contributed by atoms with van der Waals surface area (Å²) in [6.45, 7) is 7.87. The molecule has 36 heavy (non-hydrogen) atoms. The van der Waals surface area contributed by atoms with Crippen LogP contribution < -0.4 is 15.4 Å². The lowest BCUT2D eigenvalue weighted by atomic mass is 9.79. The highest BCUT2D eigenvalue weighted by Crippen LogP contribution is 2.47. The third-order valence-electron chi connectivity index (χ3n) is 7.57. The minimum Gasteiger partial charge on any atom is -0.393 e. The van der Waals surface area contributed by atoms with Gasteiger partial charge in [-0.2, -0.15) is 0 Å². The zero-order valence-electron chi connectivity index (χ0n) is 21.0. The number of halogens is 2. The minimum absolute atomic E-state index is 0.0295. The van der Waals surface area contributed by atoms with E-state index in [0.29, 0.717) is 35.4 Å². The van der Waals surface area contributed by atoms with Gasteiger partial charge >= 0.3 is 0 Å². The SMILES string of the molecule is Cc1ccnc(C(C)C)c1-n1c(=O)c2c(c3cc(F)c(Cl)nc31)N1C[C@@H](C)CC[C@]1(CO)C(=O)N2C. The average Bonchev–Trinajstić information content (AvgIpc) is 2.84. The first-order chi connectivity index (χ1) is 17.0. The lowest BCUT2D eigenvalue weighted by molar-refractivity contribution is -0.126. The number of hydrogen-bond acceptors (Lipinski definition) is 6. The topological polar surface area (TPSA) is 91.6 Å². The number of amides is 1. The number of likely N-dealkylation sites (N-methyl/N-ethyl adjacent to an activating group) is 1. The van der Waals surface area contributed by atoms with Crippen LogP contribution in [0.1, 0.15) is 50.8 Å². The van der Waals surface area contributed by atoms with Gasteiger partial charge in [0, 0.05) is 25.2 Å². The van der Waals surface area contributed by atoms with Gasteiger partial charge in [-0.3, -0.25) is 19.1 Å². The molecule has 1 fully saturated rings. The molecular formula is C26H29ClFN5O3. The number of rotatable bonds is 3. The lowest BCUT2D eigenvalue weighted by Crippen LogP contribution is -2.68. The van der Waals surface area contributed by atoms with Gasteiger partial charge in [-0.1, -0.05) is 32.4 Å². The molecule has 190 valence electrons. The van der Waals surface area contributed by atoms with E-state index in [1.807, 2.05) is 20.8 Å². The number of hydrogen-bond donors (Lipinski definition) is 1. The maximum atomic E-state index is 14.9. The Kier molecular flexibility index (Phi) is 5.83. The third kappa shape index (κ3) is 3.29. The molecule has 5 rings (SSSR count). The van der Waals surface area contributed by atoms with Crippen LogP contribution in [0.15, 0.2) is 23.1 Å². The smallest absolute Gasteiger partial charge is 0.283 e. The van der Waals surface area contributed by atoms with Crippen molar-refractivity contribution in [1.29, 1.82) is 0 Å². The monoisotopic (exact) mass is 513 g/mol. The van der Waals surface area contributed by atoms with Crippen molar-refractivity contribution in [3.63, 3.8) is 0 Å². The first-order valence-electron chi connectivity index (χ1n) is 12.1. The molecule has 0 aromatic carbocycles. The molecule has 3 aromatic heterocycles. The summed E-state index contributed by atoms with van der Waals surface area (Å²) >= 11 is 6.16. The Labute approximate surface area is 213 Å². The number of fused-ring (bicyclic) bond motifs is 5. The second kappa shape index (κ2) is 8.52. The van der Waals surface area contributed by atoms with Crippen molar-refractivity contribution >= 4 is 39.9 Å². The fraction of sp³-hybridized carbons (Fsp3) is 0.462. The molecule has 2 aliphatic heterocycles. The van der Waals surface area contributed by atoms with Crippen molar-refractivity contribution in [3.8, 4) is 5.69 Å². The van der Waals surface area contributed by atoms with Gasteiger partial charge in [0.05, 0.1) is 23.7 Å². The van der Waals surface area contributed by atoms with Crippen molar-refractivity contribution < 1.29 is 14.3 Å². The van der Waals surface area contributed by atoms with Crippen LogP contribution in [-0.2, 0) is 4.79 Å². The molecule has 1 N–H and O–H groups in total. The van der Waals surface area contributed by atoms with E-state index in [9.17, 15) is 19.1 Å². The standard InChI is InChI=1S/C26H29ClFN5O3/c1-13(2)18-19(15(4)7-9-29-18)33-23-16(10-17(28)22(27)30-23)20-21(24(33)35)31(5)25(36)26(12-34)8-6-14(3)11-32(20)26/h7,9-10,13-14,34H,6,8,11-12H2,1-5H3/t14-,26-/m0/s1. The van der Waals surface area contributed by atoms with Crippen LogP contribution >= 0.6 is 11.6 Å². The fourth-order valence-corrected chi connectivity index (χ4v) is 5.81. The molecule has 0 saturated carbocycles. The molecule has 2 atom stereocenters. The Morgan fingerprint density at radius 2 is 2.00 bits per heavy atom. The number of aryl methyl sites for hydroxylation is 1. The summed E-state index contributed by atoms with van der Waals surface area (Å²) in [6.07, 6.45) is 2.84. The Hall–Kier alpha value is -3.04. The van der Waals surface area contributed by atoms with Gasteiger partial charge in [-0.25, -0.2) is 9.37 Å². The highest BCUT2D eigenvalue weighted by molar-refractivity contribution is 6.30. The number of aliphatic hydroxyl groups excluding tert-OH is 1. The summed E-state index contributed by atoms with van der Waals surface area (Å²) in [7, 11) is 1.53. The van der Waals surface area contributed by atoms with Gasteiger partial charge in [0.25, 0.3) is 11.5 Å². The van der Waals surface area contributed by atoms with Crippen molar-refractivity contribution in [2.75, 3.05) is 30.0 Å². The summed E-state index contributed by atoms with van der Waals surface area (Å²) in [6, 6.07) is 3.06. The first kappa shape index (κ1) is 24.6. The van der Waals surface area contributed by atoms with E-state index in [4.69, 9.17) is 11.6 Å². The van der Waals surface area contributed by atoms with Gasteiger partial charge in [-0.15, -0.1) is 0 Å². The maximum Gasteiger partial charge on any atom is 0.283 e. The number of aliphatic hydroxyl groups is 1. The van der Waals surface area contributed by atoms with Crippen molar-refractivity contribution in [1.82, 2.24) is 14.5 Å². The molecule has 0 spiro atoms. The number of piperidine rings is 1. The van der Waals surface area contributed by atoms with E-state index < -0.39 is 23.5 Å². The number of carbonyl (C=O) groups is 1. The van der Waals surface area contributed by atoms with Crippen LogP contribution in [0.4, 0.5) is 15.8 Å². The summed E-state index contributed by atoms with van der Waals surface area (Å²) in [5.74, 6) is -0.924. The van der Waals surface area contributed by atoms with E-state index >= 15 is 0 Å². The highest BCUT2D eigenvalue weighted by atomic mass is 35.5. The summed E-state index contributed by atoms with van der Waals surface area (Å²) in [4.78, 5) is 40.0. The van der Waals surface area contributed by atoms with Gasteiger partial charge in [0.2, 0.25) is 0 Å². The predicted octanol–water partition coefficient (Wildman–Crippen LogP) is 3.95. The van der Waals surface area contributed by atoms with E-state index in [-0.39, 0.29) is 34.2 Å². The minimum atomic E-state index is -1.23. The van der Waals surface area contributed by atoms with Crippen molar-refractivity contribution in [3.05, 3.63) is 50.9 Å². The molecule has 0 aliphatic carbocycles. The van der Waals surface area contributed by atoms with E-state index in [2.05, 4.69) is 16.9 Å². The second-order valence-corrected chi connectivity index (χ2v) is 10.7. The Bertz CT molecular complexity index is 1470. The molecule has 0 radical (unpaired) electrons. The van der Waals surface area contributed by atoms with Crippen LogP contribution in [0.5, 0.6) is 0 Å². The molecule has 10 heteroatoms. The number of carbonyl (C=O) groups excluding carboxylic acids is 1. The molecule has 1 saturated heterocycles. The van der Waals surface area contributed by atoms with Crippen LogP contribution in [0.2, 0.25) is 5.15 Å². The van der Waals surface area contributed by atoms with Gasteiger partial charge in [0.1, 0.15) is 11.2 Å². The second-order valence-electron chi connectivity index (χ2n) is 10.3. The molecule has 0 unspecified atom stereocenters. The number of pyridine rings is 3. The molecule has 1 amide bonds. The van der Waals surface area contributed by atoms with Crippen LogP contribution in [0.25, 0.3) is 16.7 Å². The number of nitrogens with zero attached hydrogens (tertiary/aromatic N) is 5. The summed E-state index contributed by atoms with van der Waals surface area (Å²) < 4.78 is 16.4. The number of aromatic nitrogens is 3. The molecule has 3 aromatic rings. The van der Waals surface area contributed by atoms with Gasteiger partial charge in [-0.05, 0) is 49.3 Å². The molecular weight excluding hydrogens is 485 g/mol. The Morgan fingerprint density at radius 3 is 2.67 bits per heavy atom. The Morgan fingerprint density at radius 1 is 1.28 bits per heavy atom. The quantitative estimate of drug-likeness (QED) is 0.533. The highest BCUT2D eigenvalue weighted by Gasteiger charge is 2.54. The van der Waals surface area contributed by atoms with Gasteiger partial charge in [0.15, 0.2) is 16.6 Å². The summed E-state index contributed by atoms with van der Waals surface area (Å²) in [5.41, 5.74) is 0.956. The Balaban J connectivity index is 1.99. The zero-order valence-corrected chi connectivity index (χ0v) is 21.7. The van der Waals surface area contributed by atoms with E-state index in [0.717, 1.165) is 12.0 Å². The lowest BCUT2D eigenvalue weighted by Gasteiger charge is -2.53. The van der Waals surface area contributed by atoms with Crippen molar-refractivity contribution in [2.45, 2.75) is 52.0 Å². The van der Waals surface area contributed by atoms with Crippen LogP contribution in [0, 0.1) is 18.7 Å². The van der Waals surface area contributed by atoms with Crippen LogP contribution in [-0.4, -0.2) is 51.3 Å². The van der Waals surface area contributed by atoms with E-state index in [1.54, 1.807) is 17.2 Å². The molecule has 0 bridgehead atoms. The fourth-order valence-electron chi connectivity index (χ4n) is 5.67. The van der Waals surface area contributed by atoms with E-state index in [1.165, 1.54) is 22.6 Å². The molecule has 8 nitrogen and oxygen atoms in total. The van der Waals surface area contributed by atoms with Crippen LogP contribution in [0.3, 0.4) is 0 Å². The largest absolute Gasteiger partial charge is 0.393 e. The third-order valence-corrected chi connectivity index (χ3v) is 7.83. The van der Waals surface area contributed by atoms with Crippen molar-refractivity contribution in [2.24, 2.45) is 5.92 Å². The number of anilines is 2. The first-order valence-corrected chi connectivity index (χ1v) is 12.5. The molecule has 2 aliphatic rings. The average molecular weight is 514 g/mol. The summed E-state index contributed by atoms with van der Waals surface area (Å²) in [5, 5.41) is 10.5. The normalized spacial score (nSPS) is 21.8. The molecule has 5 heterocycles. The van der Waals surface area contributed by atoms with Gasteiger partial charge < -0.3 is 14.9 Å².